The van der Waals surface area contributed by atoms with Gasteiger partial charge in [-0.2, -0.15) is 13.2 Å². The predicted molar refractivity (Wildman–Crippen MR) is 76.3 cm³/mol. The van der Waals surface area contributed by atoms with Crippen molar-refractivity contribution in [2.45, 2.75) is 32.0 Å². The average Bonchev–Trinajstić information content (AvgIpc) is 2.45. The van der Waals surface area contributed by atoms with Crippen LogP contribution in [0.3, 0.4) is 0 Å². The fourth-order valence-electron chi connectivity index (χ4n) is 2.66. The zero-order chi connectivity index (χ0) is 16.5. The van der Waals surface area contributed by atoms with E-state index >= 15 is 0 Å². The van der Waals surface area contributed by atoms with Crippen LogP contribution in [-0.4, -0.2) is 28.2 Å². The molecule has 1 aliphatic heterocycles. The van der Waals surface area contributed by atoms with E-state index in [-0.39, 0.29) is 24.2 Å². The topological polar surface area (TPSA) is 111 Å². The summed E-state index contributed by atoms with van der Waals surface area (Å²) in [6, 6.07) is 0.348. The molecule has 1 aliphatic rings. The number of amides is 2. The highest BCUT2D eigenvalue weighted by Crippen LogP contribution is 2.36. The number of likely N-dealkylation sites (tertiary alicyclic amines) is 1. The van der Waals surface area contributed by atoms with Gasteiger partial charge in [0, 0.05) is 18.9 Å². The molecular weight excluding hydrogens is 313 g/mol. The standard InChI is InChI=1S/C14H16F3N3O2.H3N/c1-8-2-3-11(20(7-8)13(22)12(18)21)9-4-10(6-19-5-9)14(15,16)17;/h4-6,8,11H,2-3,7H2,1H3,(H2,18,21);1H3. The van der Waals surface area contributed by atoms with Gasteiger partial charge in [0.05, 0.1) is 11.6 Å². The number of hydrogen-bond acceptors (Lipinski definition) is 4. The zero-order valence-corrected chi connectivity index (χ0v) is 12.6. The van der Waals surface area contributed by atoms with Crippen LogP contribution in [0.5, 0.6) is 0 Å². The van der Waals surface area contributed by atoms with E-state index < -0.39 is 29.6 Å². The minimum atomic E-state index is -4.51. The van der Waals surface area contributed by atoms with Crippen LogP contribution in [0, 0.1) is 5.92 Å². The SMILES string of the molecule is CC1CCC(c2cncc(C(F)(F)F)c2)N(C(=O)C(N)=O)C1.N. The fraction of sp³-hybridized carbons (Fsp3) is 0.500. The largest absolute Gasteiger partial charge is 0.417 e. The number of aromatic nitrogens is 1. The van der Waals surface area contributed by atoms with Crippen LogP contribution in [-0.2, 0) is 15.8 Å². The second-order valence-corrected chi connectivity index (χ2v) is 5.52. The molecule has 23 heavy (non-hydrogen) atoms. The van der Waals surface area contributed by atoms with Crippen LogP contribution in [0.1, 0.15) is 36.9 Å². The van der Waals surface area contributed by atoms with Crippen molar-refractivity contribution >= 4 is 11.8 Å². The van der Waals surface area contributed by atoms with Gasteiger partial charge in [0.1, 0.15) is 0 Å². The van der Waals surface area contributed by atoms with Gasteiger partial charge in [0.15, 0.2) is 0 Å². The van der Waals surface area contributed by atoms with Crippen molar-refractivity contribution in [2.24, 2.45) is 11.7 Å². The Kier molecular flexibility index (Phi) is 5.70. The number of halogens is 3. The van der Waals surface area contributed by atoms with E-state index in [4.69, 9.17) is 5.73 Å². The minimum Gasteiger partial charge on any atom is -0.361 e. The zero-order valence-electron chi connectivity index (χ0n) is 12.6. The van der Waals surface area contributed by atoms with Crippen molar-refractivity contribution in [1.29, 1.82) is 0 Å². The summed E-state index contributed by atoms with van der Waals surface area (Å²) in [6.45, 7) is 2.19. The van der Waals surface area contributed by atoms with Crippen molar-refractivity contribution in [3.8, 4) is 0 Å². The Hall–Kier alpha value is -2.16. The molecule has 2 rings (SSSR count). The number of hydrogen-bond donors (Lipinski definition) is 2. The number of carbonyl (C=O) groups is 2. The quantitative estimate of drug-likeness (QED) is 0.766. The maximum absolute atomic E-state index is 12.8. The molecule has 2 unspecified atom stereocenters. The predicted octanol–water partition coefficient (Wildman–Crippen LogP) is 2.05. The number of piperidine rings is 1. The van der Waals surface area contributed by atoms with Gasteiger partial charge in [-0.15, -0.1) is 0 Å². The van der Waals surface area contributed by atoms with E-state index in [1.165, 1.54) is 11.1 Å². The Morgan fingerprint density at radius 1 is 1.30 bits per heavy atom. The van der Waals surface area contributed by atoms with Crippen molar-refractivity contribution in [3.05, 3.63) is 29.6 Å². The molecule has 0 aromatic carbocycles. The molecular formula is C14H19F3N4O2. The lowest BCUT2D eigenvalue weighted by molar-refractivity contribution is -0.147. The smallest absolute Gasteiger partial charge is 0.361 e. The summed E-state index contributed by atoms with van der Waals surface area (Å²) in [7, 11) is 0. The highest BCUT2D eigenvalue weighted by Gasteiger charge is 2.36. The first-order valence-electron chi connectivity index (χ1n) is 6.82. The van der Waals surface area contributed by atoms with Gasteiger partial charge in [-0.1, -0.05) is 6.92 Å². The summed E-state index contributed by atoms with van der Waals surface area (Å²) in [4.78, 5) is 27.9. The van der Waals surface area contributed by atoms with Crippen LogP contribution in [0.4, 0.5) is 13.2 Å². The number of carbonyl (C=O) groups excluding carboxylic acids is 2. The van der Waals surface area contributed by atoms with Gasteiger partial charge < -0.3 is 16.8 Å². The first kappa shape index (κ1) is 18.9. The van der Waals surface area contributed by atoms with Crippen LogP contribution in [0.15, 0.2) is 18.5 Å². The summed E-state index contributed by atoms with van der Waals surface area (Å²) < 4.78 is 38.4. The third-order valence-electron chi connectivity index (χ3n) is 3.76. The summed E-state index contributed by atoms with van der Waals surface area (Å²) in [5.74, 6) is -1.84. The number of pyridine rings is 1. The molecule has 2 amide bonds. The molecule has 2 atom stereocenters. The molecule has 1 fully saturated rings. The number of rotatable bonds is 1. The Balaban J connectivity index is 0.00000264. The summed E-state index contributed by atoms with van der Waals surface area (Å²) in [5, 5.41) is 0. The number of alkyl halides is 3. The number of nitrogens with zero attached hydrogens (tertiary/aromatic N) is 2. The lowest BCUT2D eigenvalue weighted by Gasteiger charge is -2.38. The first-order valence-corrected chi connectivity index (χ1v) is 6.82. The van der Waals surface area contributed by atoms with Crippen molar-refractivity contribution in [3.63, 3.8) is 0 Å². The lowest BCUT2D eigenvalue weighted by atomic mass is 9.90. The molecule has 1 aromatic heterocycles. The van der Waals surface area contributed by atoms with Gasteiger partial charge in [0.25, 0.3) is 0 Å². The molecule has 0 saturated carbocycles. The number of primary amides is 1. The van der Waals surface area contributed by atoms with Crippen LogP contribution < -0.4 is 11.9 Å². The van der Waals surface area contributed by atoms with Gasteiger partial charge in [0.2, 0.25) is 0 Å². The van der Waals surface area contributed by atoms with Crippen LogP contribution in [0.2, 0.25) is 0 Å². The summed E-state index contributed by atoms with van der Waals surface area (Å²) in [5.41, 5.74) is 4.41. The summed E-state index contributed by atoms with van der Waals surface area (Å²) in [6.07, 6.45) is -1.29. The van der Waals surface area contributed by atoms with E-state index in [0.717, 1.165) is 18.7 Å². The van der Waals surface area contributed by atoms with Crippen LogP contribution >= 0.6 is 0 Å². The molecule has 128 valence electrons. The minimum absolute atomic E-state index is 0. The third kappa shape index (κ3) is 4.19. The monoisotopic (exact) mass is 332 g/mol. The van der Waals surface area contributed by atoms with Crippen molar-refractivity contribution < 1.29 is 22.8 Å². The van der Waals surface area contributed by atoms with Crippen molar-refractivity contribution in [1.82, 2.24) is 16.0 Å². The average molecular weight is 332 g/mol. The molecule has 9 heteroatoms. The molecule has 0 bridgehead atoms. The van der Waals surface area contributed by atoms with E-state index in [1.54, 1.807) is 0 Å². The normalized spacial score (nSPS) is 21.5. The highest BCUT2D eigenvalue weighted by molar-refractivity contribution is 6.34. The Morgan fingerprint density at radius 2 is 1.96 bits per heavy atom. The van der Waals surface area contributed by atoms with Crippen molar-refractivity contribution in [2.75, 3.05) is 6.54 Å². The van der Waals surface area contributed by atoms with E-state index in [9.17, 15) is 22.8 Å². The van der Waals surface area contributed by atoms with Gasteiger partial charge in [-0.25, -0.2) is 0 Å². The second-order valence-electron chi connectivity index (χ2n) is 5.52. The first-order chi connectivity index (χ1) is 10.2. The maximum Gasteiger partial charge on any atom is 0.417 e. The van der Waals surface area contributed by atoms with E-state index in [1.807, 2.05) is 6.92 Å². The maximum atomic E-state index is 12.8. The van der Waals surface area contributed by atoms with E-state index in [0.29, 0.717) is 6.42 Å². The molecule has 0 aliphatic carbocycles. The molecule has 6 nitrogen and oxygen atoms in total. The Bertz CT molecular complexity index is 592. The molecule has 2 heterocycles. The molecule has 0 spiro atoms. The number of nitrogens with two attached hydrogens (primary N) is 1. The Labute approximate surface area is 131 Å². The van der Waals surface area contributed by atoms with Crippen LogP contribution in [0.25, 0.3) is 0 Å². The lowest BCUT2D eigenvalue weighted by Crippen LogP contribution is -2.47. The molecule has 1 saturated heterocycles. The molecule has 1 aromatic rings. The second kappa shape index (κ2) is 6.95. The highest BCUT2D eigenvalue weighted by atomic mass is 19.4. The van der Waals surface area contributed by atoms with E-state index in [2.05, 4.69) is 4.98 Å². The third-order valence-corrected chi connectivity index (χ3v) is 3.76. The van der Waals surface area contributed by atoms with Gasteiger partial charge >= 0.3 is 18.0 Å². The molecule has 0 radical (unpaired) electrons. The van der Waals surface area contributed by atoms with Gasteiger partial charge in [-0.3, -0.25) is 14.6 Å². The summed E-state index contributed by atoms with van der Waals surface area (Å²) >= 11 is 0. The molecule has 5 N–H and O–H groups in total. The Morgan fingerprint density at radius 3 is 2.52 bits per heavy atom. The van der Waals surface area contributed by atoms with Gasteiger partial charge in [-0.05, 0) is 30.4 Å². The fourth-order valence-corrected chi connectivity index (χ4v) is 2.66.